The molecule has 0 aliphatic carbocycles. The number of hydrogen-bond acceptors (Lipinski definition) is 6. The lowest BCUT2D eigenvalue weighted by molar-refractivity contribution is 0.0518. The molecule has 8 nitrogen and oxygen atoms in total. The second-order valence-electron chi connectivity index (χ2n) is 6.41. The summed E-state index contributed by atoms with van der Waals surface area (Å²) >= 11 is 0. The lowest BCUT2D eigenvalue weighted by atomic mass is 9.84. The molecule has 2 bridgehead atoms. The number of carbonyl (C=O) groups is 2. The van der Waals surface area contributed by atoms with Crippen LogP contribution in [0.25, 0.3) is 10.9 Å². The van der Waals surface area contributed by atoms with E-state index in [1.807, 2.05) is 4.68 Å². The summed E-state index contributed by atoms with van der Waals surface area (Å²) in [5, 5.41) is 14.6. The molecule has 1 aromatic heterocycles. The second-order valence-corrected chi connectivity index (χ2v) is 6.41. The van der Waals surface area contributed by atoms with E-state index in [4.69, 9.17) is 5.73 Å². The minimum absolute atomic E-state index is 0.00357. The van der Waals surface area contributed by atoms with Crippen molar-refractivity contribution in [2.75, 3.05) is 19.6 Å². The highest BCUT2D eigenvalue weighted by Crippen LogP contribution is 2.38. The van der Waals surface area contributed by atoms with Crippen LogP contribution in [0.5, 0.6) is 5.75 Å². The zero-order valence-corrected chi connectivity index (χ0v) is 13.0. The van der Waals surface area contributed by atoms with Crippen molar-refractivity contribution < 1.29 is 19.4 Å². The first kappa shape index (κ1) is 14.9. The number of nitrogens with zero attached hydrogens (tertiary/aromatic N) is 3. The molecule has 3 saturated heterocycles. The molecule has 24 heavy (non-hydrogen) atoms. The Labute approximate surface area is 137 Å². The maximum atomic E-state index is 12.1. The van der Waals surface area contributed by atoms with E-state index in [0.29, 0.717) is 11.3 Å². The summed E-state index contributed by atoms with van der Waals surface area (Å²) < 4.78 is 6.31. The first-order chi connectivity index (χ1) is 11.5. The van der Waals surface area contributed by atoms with Crippen LogP contribution in [0.4, 0.5) is 4.79 Å². The van der Waals surface area contributed by atoms with Crippen molar-refractivity contribution in [3.8, 4) is 5.75 Å². The van der Waals surface area contributed by atoms with Gasteiger partial charge in [-0.2, -0.15) is 5.10 Å². The van der Waals surface area contributed by atoms with Crippen LogP contribution in [0.1, 0.15) is 29.4 Å². The van der Waals surface area contributed by atoms with E-state index in [9.17, 15) is 14.7 Å². The van der Waals surface area contributed by atoms with E-state index >= 15 is 0 Å². The number of rotatable bonds is 2. The molecule has 0 radical (unpaired) electrons. The molecular formula is C16H18N4O4. The number of phenolic OH excluding ortho intramolecular Hbond substituents is 1. The number of fused-ring (bicyclic) bond motifs is 4. The number of primary amides is 1. The van der Waals surface area contributed by atoms with Gasteiger partial charge in [-0.05, 0) is 50.0 Å². The van der Waals surface area contributed by atoms with Gasteiger partial charge in [0.05, 0.1) is 11.6 Å². The summed E-state index contributed by atoms with van der Waals surface area (Å²) in [6.45, 7) is 3.07. The third-order valence-corrected chi connectivity index (χ3v) is 5.01. The number of hydrogen-bond donors (Lipinski definition) is 2. The maximum absolute atomic E-state index is 12.1. The average Bonchev–Trinajstić information content (AvgIpc) is 2.94. The van der Waals surface area contributed by atoms with Gasteiger partial charge in [-0.1, -0.05) is 0 Å². The van der Waals surface area contributed by atoms with Gasteiger partial charge in [0, 0.05) is 11.9 Å². The van der Waals surface area contributed by atoms with Crippen molar-refractivity contribution >= 4 is 23.0 Å². The number of aromatic nitrogens is 2. The summed E-state index contributed by atoms with van der Waals surface area (Å²) in [4.78, 5) is 25.4. The number of ether oxygens (including phenoxy) is 1. The monoisotopic (exact) mass is 330 g/mol. The Hall–Kier alpha value is -2.61. The van der Waals surface area contributed by atoms with Gasteiger partial charge in [0.2, 0.25) is 0 Å². The Morgan fingerprint density at radius 1 is 1.29 bits per heavy atom. The van der Waals surface area contributed by atoms with Gasteiger partial charge in [0.15, 0.2) is 5.69 Å². The zero-order valence-electron chi connectivity index (χ0n) is 13.0. The second kappa shape index (κ2) is 5.48. The maximum Gasteiger partial charge on any atom is 0.412 e. The minimum atomic E-state index is -1.18. The van der Waals surface area contributed by atoms with Gasteiger partial charge in [-0.25, -0.2) is 9.59 Å². The lowest BCUT2D eigenvalue weighted by Crippen LogP contribution is -2.48. The number of aromatic hydroxyl groups is 1. The van der Waals surface area contributed by atoms with Crippen molar-refractivity contribution in [1.82, 2.24) is 14.7 Å². The van der Waals surface area contributed by atoms with E-state index in [1.165, 1.54) is 6.07 Å². The number of phenols is 1. The summed E-state index contributed by atoms with van der Waals surface area (Å²) in [6, 6.07) is 4.91. The number of benzene rings is 1. The molecule has 1 atom stereocenters. The normalized spacial score (nSPS) is 25.8. The zero-order chi connectivity index (χ0) is 16.8. The highest BCUT2D eigenvalue weighted by atomic mass is 16.6. The highest BCUT2D eigenvalue weighted by molar-refractivity contribution is 6.05. The molecule has 0 saturated carbocycles. The van der Waals surface area contributed by atoms with E-state index in [2.05, 4.69) is 14.7 Å². The van der Waals surface area contributed by atoms with E-state index in [1.54, 1.807) is 12.1 Å². The Morgan fingerprint density at radius 2 is 2.04 bits per heavy atom. The fourth-order valence-corrected chi connectivity index (χ4v) is 3.88. The van der Waals surface area contributed by atoms with Crippen molar-refractivity contribution in [2.45, 2.75) is 18.9 Å². The van der Waals surface area contributed by atoms with E-state index < -0.39 is 12.1 Å². The molecular weight excluding hydrogens is 312 g/mol. The molecule has 8 heteroatoms. The highest BCUT2D eigenvalue weighted by Gasteiger charge is 2.37. The summed E-state index contributed by atoms with van der Waals surface area (Å²) in [7, 11) is 0. The molecule has 5 rings (SSSR count). The Morgan fingerprint density at radius 3 is 2.67 bits per heavy atom. The number of piperidine rings is 3. The largest absolute Gasteiger partial charge is 0.508 e. The molecule has 2 aromatic rings. The topological polar surface area (TPSA) is 111 Å². The number of esters is 1. The molecule has 3 N–H and O–H groups in total. The smallest absolute Gasteiger partial charge is 0.412 e. The van der Waals surface area contributed by atoms with Gasteiger partial charge >= 0.3 is 12.1 Å². The first-order valence-corrected chi connectivity index (χ1v) is 7.98. The first-order valence-electron chi connectivity index (χ1n) is 7.98. The molecule has 1 aromatic carbocycles. The summed E-state index contributed by atoms with van der Waals surface area (Å²) in [5.41, 5.74) is 5.67. The van der Waals surface area contributed by atoms with Gasteiger partial charge < -0.3 is 20.5 Å². The van der Waals surface area contributed by atoms with Crippen LogP contribution in [0.3, 0.4) is 0 Å². The number of amides is 1. The van der Waals surface area contributed by atoms with Crippen LogP contribution in [-0.4, -0.2) is 51.5 Å². The molecule has 3 fully saturated rings. The van der Waals surface area contributed by atoms with Crippen molar-refractivity contribution in [3.63, 3.8) is 0 Å². The predicted molar refractivity (Wildman–Crippen MR) is 84.6 cm³/mol. The average molecular weight is 330 g/mol. The van der Waals surface area contributed by atoms with Gasteiger partial charge in [0.25, 0.3) is 0 Å². The fourth-order valence-electron chi connectivity index (χ4n) is 3.88. The Kier molecular flexibility index (Phi) is 3.42. The van der Waals surface area contributed by atoms with Gasteiger partial charge in [-0.3, -0.25) is 4.68 Å². The molecule has 4 heterocycles. The molecule has 0 unspecified atom stereocenters. The molecule has 0 spiro atoms. The molecule has 3 aliphatic rings. The van der Waals surface area contributed by atoms with Crippen molar-refractivity contribution in [3.05, 3.63) is 23.9 Å². The third-order valence-electron chi connectivity index (χ3n) is 5.01. The van der Waals surface area contributed by atoms with Crippen molar-refractivity contribution in [2.24, 2.45) is 11.7 Å². The SMILES string of the molecule is NC(=O)OC(=O)c1nn([C@@H]2CN3CCC2CC3)c2ccc(O)cc12. The molecule has 126 valence electrons. The van der Waals surface area contributed by atoms with Gasteiger partial charge in [0.1, 0.15) is 5.75 Å². The quantitative estimate of drug-likeness (QED) is 0.633. The number of carbonyl (C=O) groups excluding carboxylic acids is 2. The van der Waals surface area contributed by atoms with Crippen LogP contribution in [0.15, 0.2) is 18.2 Å². The van der Waals surface area contributed by atoms with Crippen LogP contribution in [0.2, 0.25) is 0 Å². The third kappa shape index (κ3) is 2.39. The predicted octanol–water partition coefficient (Wildman–Crippen LogP) is 1.24. The van der Waals surface area contributed by atoms with E-state index in [0.717, 1.165) is 38.0 Å². The summed E-state index contributed by atoms with van der Waals surface area (Å²) in [5.74, 6) is -0.380. The number of nitrogens with two attached hydrogens (primary N) is 1. The van der Waals surface area contributed by atoms with Crippen LogP contribution < -0.4 is 5.73 Å². The fraction of sp³-hybridized carbons (Fsp3) is 0.438. The molecule has 3 aliphatic heterocycles. The van der Waals surface area contributed by atoms with Crippen LogP contribution in [0, 0.1) is 5.92 Å². The van der Waals surface area contributed by atoms with Crippen LogP contribution >= 0.6 is 0 Å². The van der Waals surface area contributed by atoms with Gasteiger partial charge in [-0.15, -0.1) is 0 Å². The molecule has 1 amide bonds. The summed E-state index contributed by atoms with van der Waals surface area (Å²) in [6.07, 6.45) is 1.03. The minimum Gasteiger partial charge on any atom is -0.508 e. The van der Waals surface area contributed by atoms with E-state index in [-0.39, 0.29) is 17.5 Å². The Bertz CT molecular complexity index is 823. The lowest BCUT2D eigenvalue weighted by Gasteiger charge is -2.44. The standard InChI is InChI=1S/C16H18N4O4/c17-16(23)24-15(22)14-11-7-10(21)1-2-12(11)20(18-14)13-8-19-5-3-9(13)4-6-19/h1-2,7,9,13,21H,3-6,8H2,(H2,17,23)/t13-/m1/s1. The van der Waals surface area contributed by atoms with Crippen LogP contribution in [-0.2, 0) is 4.74 Å². The Balaban J connectivity index is 1.81. The van der Waals surface area contributed by atoms with Crippen molar-refractivity contribution in [1.29, 1.82) is 0 Å².